The Hall–Kier alpha value is -0.820. The van der Waals surface area contributed by atoms with Gasteiger partial charge in [0.2, 0.25) is 0 Å². The average molecular weight is 305 g/mol. The van der Waals surface area contributed by atoms with Crippen molar-refractivity contribution in [2.75, 3.05) is 12.9 Å². The van der Waals surface area contributed by atoms with Crippen molar-refractivity contribution in [3.05, 3.63) is 0 Å². The maximum Gasteiger partial charge on any atom is 0.410 e. The van der Waals surface area contributed by atoms with Crippen LogP contribution in [0.5, 0.6) is 0 Å². The Morgan fingerprint density at radius 1 is 1.30 bits per heavy atom. The SMILES string of the molecule is CC(C)(C)OC(=O)N1C2CCC(C2)C1COS(C)(=O)=O. The monoisotopic (exact) mass is 305 g/mol. The Kier molecular flexibility index (Phi) is 4.03. The molecule has 1 saturated carbocycles. The Morgan fingerprint density at radius 2 is 1.95 bits per heavy atom. The van der Waals surface area contributed by atoms with Gasteiger partial charge in [-0.1, -0.05) is 0 Å². The molecular formula is C13H23NO5S. The standard InChI is InChI=1S/C13H23NO5S/c1-13(2,3)19-12(15)14-10-6-5-9(7-10)11(14)8-18-20(4,16)17/h9-11H,5-8H2,1-4H3. The number of fused-ring (bicyclic) bond motifs is 2. The minimum atomic E-state index is -3.49. The summed E-state index contributed by atoms with van der Waals surface area (Å²) in [5.41, 5.74) is -0.554. The van der Waals surface area contributed by atoms with Crippen LogP contribution in [0.15, 0.2) is 0 Å². The molecule has 20 heavy (non-hydrogen) atoms. The first-order chi connectivity index (χ1) is 9.07. The second kappa shape index (κ2) is 5.18. The largest absolute Gasteiger partial charge is 0.444 e. The number of nitrogens with zero attached hydrogens (tertiary/aromatic N) is 1. The molecule has 3 atom stereocenters. The molecule has 2 fully saturated rings. The van der Waals surface area contributed by atoms with Crippen molar-refractivity contribution in [1.82, 2.24) is 4.90 Å². The molecule has 0 radical (unpaired) electrons. The molecule has 1 saturated heterocycles. The van der Waals surface area contributed by atoms with E-state index in [9.17, 15) is 13.2 Å². The Morgan fingerprint density at radius 3 is 2.50 bits per heavy atom. The van der Waals surface area contributed by atoms with Crippen LogP contribution in [0.2, 0.25) is 0 Å². The zero-order valence-electron chi connectivity index (χ0n) is 12.5. The van der Waals surface area contributed by atoms with Crippen molar-refractivity contribution in [2.45, 2.75) is 57.7 Å². The molecule has 0 aromatic rings. The first kappa shape index (κ1) is 15.6. The summed E-state index contributed by atoms with van der Waals surface area (Å²) in [6.07, 6.45) is 3.54. The van der Waals surface area contributed by atoms with Crippen LogP contribution in [0.3, 0.4) is 0 Å². The van der Waals surface area contributed by atoms with Crippen LogP contribution in [0.4, 0.5) is 4.79 Å². The Bertz CT molecular complexity index is 481. The lowest BCUT2D eigenvalue weighted by atomic mass is 10.00. The van der Waals surface area contributed by atoms with E-state index in [2.05, 4.69) is 0 Å². The smallest absolute Gasteiger partial charge is 0.410 e. The molecule has 3 unspecified atom stereocenters. The van der Waals surface area contributed by atoms with Crippen LogP contribution in [0.1, 0.15) is 40.0 Å². The van der Waals surface area contributed by atoms with Crippen molar-refractivity contribution in [1.29, 1.82) is 0 Å². The van der Waals surface area contributed by atoms with E-state index in [-0.39, 0.29) is 24.8 Å². The van der Waals surface area contributed by atoms with E-state index in [1.807, 2.05) is 20.8 Å². The van der Waals surface area contributed by atoms with Crippen LogP contribution in [-0.4, -0.2) is 50.0 Å². The van der Waals surface area contributed by atoms with Crippen LogP contribution in [-0.2, 0) is 19.0 Å². The lowest BCUT2D eigenvalue weighted by Crippen LogP contribution is -2.49. The third-order valence-electron chi connectivity index (χ3n) is 3.80. The second-order valence-corrected chi connectivity index (χ2v) is 8.31. The zero-order valence-corrected chi connectivity index (χ0v) is 13.3. The normalized spacial score (nSPS) is 29.8. The topological polar surface area (TPSA) is 72.9 Å². The van der Waals surface area contributed by atoms with Gasteiger partial charge in [0, 0.05) is 6.04 Å². The minimum Gasteiger partial charge on any atom is -0.444 e. The summed E-state index contributed by atoms with van der Waals surface area (Å²) in [7, 11) is -3.49. The average Bonchev–Trinajstić information content (AvgIpc) is 2.81. The van der Waals surface area contributed by atoms with Crippen molar-refractivity contribution >= 4 is 16.2 Å². The van der Waals surface area contributed by atoms with Crippen LogP contribution >= 0.6 is 0 Å². The quantitative estimate of drug-likeness (QED) is 0.743. The Labute approximate surface area is 120 Å². The minimum absolute atomic E-state index is 0.0270. The van der Waals surface area contributed by atoms with Crippen molar-refractivity contribution in [3.63, 3.8) is 0 Å². The first-order valence-electron chi connectivity index (χ1n) is 6.92. The van der Waals surface area contributed by atoms with Crippen molar-refractivity contribution < 1.29 is 22.1 Å². The predicted molar refractivity (Wildman–Crippen MR) is 73.8 cm³/mol. The second-order valence-electron chi connectivity index (χ2n) is 6.67. The highest BCUT2D eigenvalue weighted by Crippen LogP contribution is 2.43. The van der Waals surface area contributed by atoms with Crippen molar-refractivity contribution in [3.8, 4) is 0 Å². The molecule has 6 nitrogen and oxygen atoms in total. The predicted octanol–water partition coefficient (Wildman–Crippen LogP) is 1.75. The number of hydrogen-bond donors (Lipinski definition) is 0. The summed E-state index contributed by atoms with van der Waals surface area (Å²) in [6.45, 7) is 5.49. The number of amides is 1. The van der Waals surface area contributed by atoms with Gasteiger partial charge in [0.25, 0.3) is 10.1 Å². The summed E-state index contributed by atoms with van der Waals surface area (Å²) in [6, 6.07) is -0.0404. The van der Waals surface area contributed by atoms with E-state index in [1.54, 1.807) is 4.90 Å². The highest BCUT2D eigenvalue weighted by molar-refractivity contribution is 7.85. The number of carbonyl (C=O) groups is 1. The number of piperidine rings is 1. The number of likely N-dealkylation sites (tertiary alicyclic amines) is 1. The van der Waals surface area contributed by atoms with E-state index in [0.29, 0.717) is 5.92 Å². The molecule has 2 bridgehead atoms. The lowest BCUT2D eigenvalue weighted by molar-refractivity contribution is 0.00164. The van der Waals surface area contributed by atoms with Gasteiger partial charge in [-0.15, -0.1) is 0 Å². The molecule has 116 valence electrons. The summed E-state index contributed by atoms with van der Waals surface area (Å²) >= 11 is 0. The van der Waals surface area contributed by atoms with Gasteiger partial charge in [-0.25, -0.2) is 4.79 Å². The molecule has 0 aromatic carbocycles. The van der Waals surface area contributed by atoms with E-state index < -0.39 is 15.7 Å². The van der Waals surface area contributed by atoms with Gasteiger partial charge in [-0.3, -0.25) is 9.08 Å². The Balaban J connectivity index is 2.07. The highest BCUT2D eigenvalue weighted by Gasteiger charge is 2.49. The number of ether oxygens (including phenoxy) is 1. The molecule has 2 rings (SSSR count). The number of carbonyl (C=O) groups excluding carboxylic acids is 1. The molecule has 7 heteroatoms. The van der Waals surface area contributed by atoms with Gasteiger partial charge in [0.1, 0.15) is 5.60 Å². The van der Waals surface area contributed by atoms with Gasteiger partial charge in [0.05, 0.1) is 18.9 Å². The molecule has 0 N–H and O–H groups in total. The van der Waals surface area contributed by atoms with Crippen molar-refractivity contribution in [2.24, 2.45) is 5.92 Å². The molecule has 2 aliphatic rings. The van der Waals surface area contributed by atoms with Crippen LogP contribution < -0.4 is 0 Å². The maximum absolute atomic E-state index is 12.3. The third kappa shape index (κ3) is 3.63. The third-order valence-corrected chi connectivity index (χ3v) is 4.36. The van der Waals surface area contributed by atoms with Crippen LogP contribution in [0.25, 0.3) is 0 Å². The van der Waals surface area contributed by atoms with E-state index >= 15 is 0 Å². The van der Waals surface area contributed by atoms with Gasteiger partial charge < -0.3 is 4.74 Å². The lowest BCUT2D eigenvalue weighted by Gasteiger charge is -2.36. The number of rotatable bonds is 3. The molecule has 1 heterocycles. The maximum atomic E-state index is 12.3. The molecule has 1 aliphatic heterocycles. The molecule has 1 aliphatic carbocycles. The summed E-state index contributed by atoms with van der Waals surface area (Å²) in [5.74, 6) is 0.314. The first-order valence-corrected chi connectivity index (χ1v) is 8.74. The van der Waals surface area contributed by atoms with E-state index in [1.165, 1.54) is 0 Å². The van der Waals surface area contributed by atoms with Gasteiger partial charge >= 0.3 is 6.09 Å². The fraction of sp³-hybridized carbons (Fsp3) is 0.923. The van der Waals surface area contributed by atoms with E-state index in [0.717, 1.165) is 25.5 Å². The molecule has 0 spiro atoms. The zero-order chi connectivity index (χ0) is 15.1. The van der Waals surface area contributed by atoms with Gasteiger partial charge in [-0.05, 0) is 46.0 Å². The summed E-state index contributed by atoms with van der Waals surface area (Å²) < 4.78 is 32.6. The van der Waals surface area contributed by atoms with Crippen LogP contribution in [0, 0.1) is 5.92 Å². The van der Waals surface area contributed by atoms with E-state index in [4.69, 9.17) is 8.92 Å². The molecule has 1 amide bonds. The highest BCUT2D eigenvalue weighted by atomic mass is 32.2. The fourth-order valence-corrected chi connectivity index (χ4v) is 3.49. The van der Waals surface area contributed by atoms with Gasteiger partial charge in [-0.2, -0.15) is 8.42 Å². The molecule has 0 aromatic heterocycles. The van der Waals surface area contributed by atoms with Gasteiger partial charge in [0.15, 0.2) is 0 Å². The summed E-state index contributed by atoms with van der Waals surface area (Å²) in [5, 5.41) is 0. The molecular weight excluding hydrogens is 282 g/mol. The fourth-order valence-electron chi connectivity index (χ4n) is 3.10. The number of hydrogen-bond acceptors (Lipinski definition) is 5. The summed E-state index contributed by atoms with van der Waals surface area (Å²) in [4.78, 5) is 14.0.